The van der Waals surface area contributed by atoms with Gasteiger partial charge in [0.2, 0.25) is 0 Å². The van der Waals surface area contributed by atoms with Crippen molar-refractivity contribution >= 4 is 34.8 Å². The first-order valence-electron chi connectivity index (χ1n) is 6.95. The van der Waals surface area contributed by atoms with Crippen molar-refractivity contribution in [2.24, 2.45) is 0 Å². The van der Waals surface area contributed by atoms with Crippen LogP contribution < -0.4 is 5.32 Å². The molecule has 2 aromatic carbocycles. The average Bonchev–Trinajstić information content (AvgIpc) is 2.44. The number of hydrogen-bond acceptors (Lipinski definition) is 1. The topological polar surface area (TPSA) is 12.0 Å². The minimum atomic E-state index is 0.0846. The van der Waals surface area contributed by atoms with Crippen LogP contribution >= 0.6 is 34.8 Å². The first-order chi connectivity index (χ1) is 10.0. The molecule has 0 saturated carbocycles. The summed E-state index contributed by atoms with van der Waals surface area (Å²) in [7, 11) is 0. The minimum Gasteiger partial charge on any atom is -0.310 e. The molecule has 1 N–H and O–H groups in total. The zero-order valence-electron chi connectivity index (χ0n) is 12.1. The van der Waals surface area contributed by atoms with Gasteiger partial charge in [-0.15, -0.1) is 0 Å². The van der Waals surface area contributed by atoms with Gasteiger partial charge in [-0.25, -0.2) is 0 Å². The van der Waals surface area contributed by atoms with E-state index in [9.17, 15) is 0 Å². The van der Waals surface area contributed by atoms with E-state index in [4.69, 9.17) is 34.8 Å². The minimum absolute atomic E-state index is 0.0846. The van der Waals surface area contributed by atoms with Crippen LogP contribution in [0.2, 0.25) is 15.1 Å². The molecule has 0 aromatic heterocycles. The second-order valence-electron chi connectivity index (χ2n) is 5.05. The zero-order valence-corrected chi connectivity index (χ0v) is 14.4. The molecule has 0 aliphatic heterocycles. The molecule has 2 rings (SSSR count). The Morgan fingerprint density at radius 1 is 1.05 bits per heavy atom. The lowest BCUT2D eigenvalue weighted by Gasteiger charge is -2.21. The van der Waals surface area contributed by atoms with Gasteiger partial charge < -0.3 is 5.32 Å². The molecule has 0 fully saturated rings. The van der Waals surface area contributed by atoms with Crippen molar-refractivity contribution < 1.29 is 0 Å². The van der Waals surface area contributed by atoms with Gasteiger partial charge >= 0.3 is 0 Å². The highest BCUT2D eigenvalue weighted by atomic mass is 35.5. The van der Waals surface area contributed by atoms with Crippen molar-refractivity contribution in [3.05, 3.63) is 68.2 Å². The molecule has 1 unspecified atom stereocenters. The van der Waals surface area contributed by atoms with E-state index in [-0.39, 0.29) is 6.04 Å². The fourth-order valence-corrected chi connectivity index (χ4v) is 3.12. The van der Waals surface area contributed by atoms with E-state index in [0.29, 0.717) is 10.0 Å². The summed E-state index contributed by atoms with van der Waals surface area (Å²) in [6, 6.07) is 11.9. The van der Waals surface area contributed by atoms with Crippen molar-refractivity contribution in [2.45, 2.75) is 26.3 Å². The molecule has 4 heteroatoms. The summed E-state index contributed by atoms with van der Waals surface area (Å²) in [6.07, 6.45) is 0.771. The second-order valence-corrected chi connectivity index (χ2v) is 6.24. The molecule has 0 radical (unpaired) electrons. The maximum Gasteiger partial charge on any atom is 0.0640 e. The van der Waals surface area contributed by atoms with Crippen LogP contribution in [0.15, 0.2) is 36.4 Å². The third-order valence-corrected chi connectivity index (χ3v) is 4.63. The van der Waals surface area contributed by atoms with Crippen molar-refractivity contribution in [3.63, 3.8) is 0 Å². The van der Waals surface area contributed by atoms with Crippen molar-refractivity contribution in [2.75, 3.05) is 6.54 Å². The molecular formula is C17H18Cl3N. The summed E-state index contributed by atoms with van der Waals surface area (Å²) in [5.74, 6) is 0. The molecule has 21 heavy (non-hydrogen) atoms. The van der Waals surface area contributed by atoms with Gasteiger partial charge in [0.1, 0.15) is 0 Å². The predicted octanol–water partition coefficient (Wildman–Crippen LogP) is 5.85. The maximum atomic E-state index is 6.35. The van der Waals surface area contributed by atoms with E-state index in [1.54, 1.807) is 6.07 Å². The Bertz CT molecular complexity index is 625. The van der Waals surface area contributed by atoms with Crippen LogP contribution in [-0.2, 0) is 6.42 Å². The summed E-state index contributed by atoms with van der Waals surface area (Å²) in [4.78, 5) is 0. The van der Waals surface area contributed by atoms with Crippen molar-refractivity contribution in [1.82, 2.24) is 5.32 Å². The van der Waals surface area contributed by atoms with E-state index in [0.717, 1.165) is 34.7 Å². The SMILES string of the molecule is CCNC(Cc1ccc(C)cc1Cl)c1cccc(Cl)c1Cl. The van der Waals surface area contributed by atoms with Crippen LogP contribution in [0.5, 0.6) is 0 Å². The molecule has 0 saturated heterocycles. The van der Waals surface area contributed by atoms with E-state index in [2.05, 4.69) is 24.4 Å². The van der Waals surface area contributed by atoms with E-state index in [1.165, 1.54) is 0 Å². The molecule has 1 atom stereocenters. The fourth-order valence-electron chi connectivity index (χ4n) is 2.37. The number of likely N-dealkylation sites (N-methyl/N-ethyl adjacent to an activating group) is 1. The van der Waals surface area contributed by atoms with Gasteiger partial charge in [-0.1, -0.05) is 66.0 Å². The molecule has 1 nitrogen and oxygen atoms in total. The zero-order chi connectivity index (χ0) is 15.4. The molecule has 0 amide bonds. The summed E-state index contributed by atoms with van der Waals surface area (Å²) in [6.45, 7) is 4.95. The predicted molar refractivity (Wildman–Crippen MR) is 92.8 cm³/mol. The summed E-state index contributed by atoms with van der Waals surface area (Å²) >= 11 is 18.8. The largest absolute Gasteiger partial charge is 0.310 e. The van der Waals surface area contributed by atoms with Crippen LogP contribution in [0.1, 0.15) is 29.7 Å². The maximum absolute atomic E-state index is 6.35. The quantitative estimate of drug-likeness (QED) is 0.719. The summed E-state index contributed by atoms with van der Waals surface area (Å²) in [5.41, 5.74) is 3.26. The number of halogens is 3. The fraction of sp³-hybridized carbons (Fsp3) is 0.294. The second kappa shape index (κ2) is 7.51. The molecule has 112 valence electrons. The van der Waals surface area contributed by atoms with Crippen LogP contribution in [0.4, 0.5) is 0 Å². The number of benzene rings is 2. The highest BCUT2D eigenvalue weighted by Crippen LogP contribution is 2.32. The number of hydrogen-bond donors (Lipinski definition) is 1. The molecule has 2 aromatic rings. The molecule has 0 heterocycles. The van der Waals surface area contributed by atoms with E-state index < -0.39 is 0 Å². The molecule has 0 aliphatic carbocycles. The monoisotopic (exact) mass is 341 g/mol. The Hall–Kier alpha value is -0.730. The van der Waals surface area contributed by atoms with Gasteiger partial charge in [0.15, 0.2) is 0 Å². The van der Waals surface area contributed by atoms with Crippen LogP contribution in [0, 0.1) is 6.92 Å². The highest BCUT2D eigenvalue weighted by molar-refractivity contribution is 6.42. The Morgan fingerprint density at radius 2 is 1.81 bits per heavy atom. The average molecular weight is 343 g/mol. The lowest BCUT2D eigenvalue weighted by atomic mass is 9.98. The lowest BCUT2D eigenvalue weighted by Crippen LogP contribution is -2.23. The third-order valence-electron chi connectivity index (χ3n) is 3.44. The summed E-state index contributed by atoms with van der Waals surface area (Å²) < 4.78 is 0. The Labute approximate surface area is 141 Å². The lowest BCUT2D eigenvalue weighted by molar-refractivity contribution is 0.550. The van der Waals surface area contributed by atoms with Gasteiger partial charge in [0.05, 0.1) is 10.0 Å². The molecule has 0 spiro atoms. The number of nitrogens with one attached hydrogen (secondary N) is 1. The van der Waals surface area contributed by atoms with E-state index in [1.807, 2.05) is 25.1 Å². The van der Waals surface area contributed by atoms with Gasteiger partial charge in [0, 0.05) is 11.1 Å². The van der Waals surface area contributed by atoms with Crippen molar-refractivity contribution in [1.29, 1.82) is 0 Å². The summed E-state index contributed by atoms with van der Waals surface area (Å²) in [5, 5.41) is 5.42. The van der Waals surface area contributed by atoms with Crippen LogP contribution in [0.25, 0.3) is 0 Å². The third kappa shape index (κ3) is 4.14. The first kappa shape index (κ1) is 16.6. The highest BCUT2D eigenvalue weighted by Gasteiger charge is 2.17. The normalized spacial score (nSPS) is 12.4. The number of aryl methyl sites for hydroxylation is 1. The van der Waals surface area contributed by atoms with Crippen LogP contribution in [-0.4, -0.2) is 6.54 Å². The smallest absolute Gasteiger partial charge is 0.0640 e. The standard InChI is InChI=1S/C17H18Cl3N/c1-3-21-16(13-5-4-6-14(18)17(13)20)10-12-8-7-11(2)9-15(12)19/h4-9,16,21H,3,10H2,1-2H3. The van der Waals surface area contributed by atoms with Gasteiger partial charge in [-0.05, 0) is 48.7 Å². The van der Waals surface area contributed by atoms with Gasteiger partial charge in [-0.3, -0.25) is 0 Å². The van der Waals surface area contributed by atoms with Gasteiger partial charge in [0.25, 0.3) is 0 Å². The number of rotatable bonds is 5. The molecule has 0 aliphatic rings. The van der Waals surface area contributed by atoms with E-state index >= 15 is 0 Å². The Morgan fingerprint density at radius 3 is 2.48 bits per heavy atom. The van der Waals surface area contributed by atoms with Crippen molar-refractivity contribution in [3.8, 4) is 0 Å². The molecular weight excluding hydrogens is 325 g/mol. The first-order valence-corrected chi connectivity index (χ1v) is 8.08. The van der Waals surface area contributed by atoms with Crippen LogP contribution in [0.3, 0.4) is 0 Å². The Balaban J connectivity index is 2.33. The van der Waals surface area contributed by atoms with Gasteiger partial charge in [-0.2, -0.15) is 0 Å². The Kier molecular flexibility index (Phi) is 5.95. The molecule has 0 bridgehead atoms.